The molecule has 33 heavy (non-hydrogen) atoms. The number of aryl methyl sites for hydroxylation is 2. The number of carbonyl (C=O) groups is 1. The first-order valence-electron chi connectivity index (χ1n) is 11.1. The van der Waals surface area contributed by atoms with Gasteiger partial charge in [0, 0.05) is 30.2 Å². The molecule has 2 aromatic carbocycles. The molecule has 0 aliphatic heterocycles. The van der Waals surface area contributed by atoms with E-state index >= 15 is 0 Å². The second-order valence-corrected chi connectivity index (χ2v) is 7.98. The van der Waals surface area contributed by atoms with Crippen molar-refractivity contribution >= 4 is 11.7 Å². The van der Waals surface area contributed by atoms with Crippen molar-refractivity contribution in [3.63, 3.8) is 0 Å². The number of H-pyrrole nitrogens is 1. The monoisotopic (exact) mass is 441 g/mol. The van der Waals surface area contributed by atoms with Crippen LogP contribution in [0.15, 0.2) is 48.5 Å². The number of aromatic nitrogens is 6. The molecule has 8 heteroatoms. The van der Waals surface area contributed by atoms with Crippen molar-refractivity contribution < 1.29 is 4.79 Å². The quantitative estimate of drug-likeness (QED) is 0.416. The first kappa shape index (κ1) is 22.3. The summed E-state index contributed by atoms with van der Waals surface area (Å²) in [5.74, 6) is 1.70. The van der Waals surface area contributed by atoms with Crippen LogP contribution in [0.2, 0.25) is 0 Å². The lowest BCUT2D eigenvalue weighted by Crippen LogP contribution is -2.14. The summed E-state index contributed by atoms with van der Waals surface area (Å²) >= 11 is 0. The largest absolute Gasteiger partial charge is 0.311 e. The van der Waals surface area contributed by atoms with Crippen molar-refractivity contribution in [3.05, 3.63) is 71.2 Å². The average molecular weight is 442 g/mol. The number of hydrogen-bond acceptors (Lipinski definition) is 6. The minimum absolute atomic E-state index is 0.135. The Morgan fingerprint density at radius 2 is 1.79 bits per heavy atom. The zero-order valence-corrected chi connectivity index (χ0v) is 19.1. The summed E-state index contributed by atoms with van der Waals surface area (Å²) in [6.07, 6.45) is 3.61. The molecule has 0 bridgehead atoms. The molecule has 2 N–H and O–H groups in total. The molecule has 168 valence electrons. The second kappa shape index (κ2) is 10.1. The lowest BCUT2D eigenvalue weighted by Gasteiger charge is -2.15. The van der Waals surface area contributed by atoms with Crippen LogP contribution in [0.3, 0.4) is 0 Å². The van der Waals surface area contributed by atoms with Gasteiger partial charge in [0.05, 0.1) is 0 Å². The van der Waals surface area contributed by atoms with E-state index in [0.29, 0.717) is 23.9 Å². The Hall–Kier alpha value is -3.94. The molecule has 4 aromatic rings. The number of benzene rings is 2. The lowest BCUT2D eigenvalue weighted by atomic mass is 9.96. The summed E-state index contributed by atoms with van der Waals surface area (Å²) in [5, 5.41) is 17.3. The fourth-order valence-electron chi connectivity index (χ4n) is 3.87. The van der Waals surface area contributed by atoms with Gasteiger partial charge in [0.25, 0.3) is 0 Å². The molecule has 0 fully saturated rings. The van der Waals surface area contributed by atoms with Crippen molar-refractivity contribution in [2.45, 2.75) is 46.5 Å². The van der Waals surface area contributed by atoms with Crippen LogP contribution in [-0.4, -0.2) is 36.5 Å². The normalized spacial score (nSPS) is 10.9. The number of unbranched alkanes of at least 4 members (excludes halogenated alkanes) is 1. The van der Waals surface area contributed by atoms with Gasteiger partial charge in [0.1, 0.15) is 11.6 Å². The molecule has 0 atom stereocenters. The highest BCUT2D eigenvalue weighted by atomic mass is 16.1. The van der Waals surface area contributed by atoms with Gasteiger partial charge in [0.2, 0.25) is 11.7 Å². The van der Waals surface area contributed by atoms with Crippen LogP contribution in [-0.2, 0) is 17.6 Å². The zero-order chi connectivity index (χ0) is 23.2. The zero-order valence-electron chi connectivity index (χ0n) is 19.1. The molecule has 0 aliphatic carbocycles. The van der Waals surface area contributed by atoms with Gasteiger partial charge in [-0.3, -0.25) is 4.79 Å². The van der Waals surface area contributed by atoms with Gasteiger partial charge in [-0.1, -0.05) is 61.9 Å². The third kappa shape index (κ3) is 5.28. The Morgan fingerprint density at radius 3 is 2.45 bits per heavy atom. The number of hydrogen-bond donors (Lipinski definition) is 2. The number of tetrazole rings is 1. The summed E-state index contributed by atoms with van der Waals surface area (Å²) in [4.78, 5) is 21.0. The number of amides is 1. The van der Waals surface area contributed by atoms with Gasteiger partial charge >= 0.3 is 0 Å². The summed E-state index contributed by atoms with van der Waals surface area (Å²) < 4.78 is 0. The number of nitrogens with one attached hydrogen (secondary N) is 2. The van der Waals surface area contributed by atoms with Gasteiger partial charge < -0.3 is 5.32 Å². The maximum atomic E-state index is 11.8. The summed E-state index contributed by atoms with van der Waals surface area (Å²) in [5.41, 5.74) is 6.11. The molecule has 2 heterocycles. The molecule has 0 spiro atoms. The minimum Gasteiger partial charge on any atom is -0.311 e. The van der Waals surface area contributed by atoms with E-state index in [4.69, 9.17) is 4.98 Å². The smallest absolute Gasteiger partial charge is 0.222 e. The summed E-state index contributed by atoms with van der Waals surface area (Å²) in [6.45, 7) is 5.52. The first-order valence-corrected chi connectivity index (χ1v) is 11.1. The third-order valence-electron chi connectivity index (χ3n) is 5.43. The number of nitrogens with zero attached hydrogens (tertiary/aromatic N) is 5. The second-order valence-electron chi connectivity index (χ2n) is 7.98. The summed E-state index contributed by atoms with van der Waals surface area (Å²) in [7, 11) is 0. The van der Waals surface area contributed by atoms with Crippen LogP contribution in [0, 0.1) is 6.92 Å². The average Bonchev–Trinajstić information content (AvgIpc) is 3.34. The van der Waals surface area contributed by atoms with E-state index in [1.54, 1.807) is 0 Å². The Morgan fingerprint density at radius 1 is 1.03 bits per heavy atom. The van der Waals surface area contributed by atoms with Crippen molar-refractivity contribution in [1.29, 1.82) is 0 Å². The van der Waals surface area contributed by atoms with E-state index in [1.807, 2.05) is 31.2 Å². The van der Waals surface area contributed by atoms with E-state index < -0.39 is 0 Å². The number of anilines is 1. The SMILES string of the molecule is CCCCc1nc(C)nc(NC(C)=O)c1Cc1ccc(-c2ccccc2-c2nn[nH]n2)cc1. The predicted molar refractivity (Wildman–Crippen MR) is 128 cm³/mol. The van der Waals surface area contributed by atoms with E-state index in [1.165, 1.54) is 6.92 Å². The highest BCUT2D eigenvalue weighted by Crippen LogP contribution is 2.30. The van der Waals surface area contributed by atoms with Crippen LogP contribution < -0.4 is 5.32 Å². The van der Waals surface area contributed by atoms with Gasteiger partial charge in [-0.25, -0.2) is 9.97 Å². The molecule has 4 rings (SSSR count). The predicted octanol–water partition coefficient (Wildman–Crippen LogP) is 4.52. The third-order valence-corrected chi connectivity index (χ3v) is 5.43. The highest BCUT2D eigenvalue weighted by Gasteiger charge is 2.16. The fourth-order valence-corrected chi connectivity index (χ4v) is 3.87. The van der Waals surface area contributed by atoms with Crippen molar-refractivity contribution in [1.82, 2.24) is 30.6 Å². The Bertz CT molecular complexity index is 1230. The molecular formula is C25H27N7O. The van der Waals surface area contributed by atoms with Crippen molar-refractivity contribution in [3.8, 4) is 22.5 Å². The number of rotatable bonds is 8. The molecule has 0 saturated heterocycles. The van der Waals surface area contributed by atoms with Crippen LogP contribution in [0.1, 0.15) is 49.3 Å². The summed E-state index contributed by atoms with van der Waals surface area (Å²) in [6, 6.07) is 16.4. The molecule has 0 unspecified atom stereocenters. The van der Waals surface area contributed by atoms with Crippen LogP contribution in [0.25, 0.3) is 22.5 Å². The minimum atomic E-state index is -0.135. The number of carbonyl (C=O) groups excluding carboxylic acids is 1. The van der Waals surface area contributed by atoms with E-state index in [-0.39, 0.29) is 5.91 Å². The topological polar surface area (TPSA) is 109 Å². The fraction of sp³-hybridized carbons (Fsp3) is 0.280. The lowest BCUT2D eigenvalue weighted by molar-refractivity contribution is -0.114. The molecule has 2 aromatic heterocycles. The number of aromatic amines is 1. The maximum absolute atomic E-state index is 11.8. The molecule has 0 saturated carbocycles. The Balaban J connectivity index is 1.66. The van der Waals surface area contributed by atoms with Gasteiger partial charge in [-0.15, -0.1) is 10.2 Å². The van der Waals surface area contributed by atoms with Gasteiger partial charge in [-0.05, 0) is 41.7 Å². The van der Waals surface area contributed by atoms with E-state index in [0.717, 1.165) is 52.8 Å². The van der Waals surface area contributed by atoms with E-state index in [2.05, 4.69) is 62.1 Å². The van der Waals surface area contributed by atoms with Crippen molar-refractivity contribution in [2.24, 2.45) is 0 Å². The Kier molecular flexibility index (Phi) is 6.83. The standard InChI is InChI=1S/C25H27N7O/c1-4-5-10-23-22(24(28-17(3)33)27-16(2)26-23)15-18-11-13-19(14-12-18)20-8-6-7-9-21(20)25-29-31-32-30-25/h6-9,11-14H,4-5,10,15H2,1-3H3,(H,26,27,28,33)(H,29,30,31,32). The molecular weight excluding hydrogens is 414 g/mol. The van der Waals surface area contributed by atoms with Crippen molar-refractivity contribution in [2.75, 3.05) is 5.32 Å². The highest BCUT2D eigenvalue weighted by molar-refractivity contribution is 5.88. The maximum Gasteiger partial charge on any atom is 0.222 e. The molecule has 0 aliphatic rings. The van der Waals surface area contributed by atoms with Crippen LogP contribution in [0.5, 0.6) is 0 Å². The molecule has 0 radical (unpaired) electrons. The van der Waals surface area contributed by atoms with Gasteiger partial charge in [-0.2, -0.15) is 5.21 Å². The molecule has 1 amide bonds. The van der Waals surface area contributed by atoms with Crippen LogP contribution >= 0.6 is 0 Å². The van der Waals surface area contributed by atoms with E-state index in [9.17, 15) is 4.79 Å². The molecule has 8 nitrogen and oxygen atoms in total. The van der Waals surface area contributed by atoms with Gasteiger partial charge in [0.15, 0.2) is 0 Å². The van der Waals surface area contributed by atoms with Crippen LogP contribution in [0.4, 0.5) is 5.82 Å². The first-order chi connectivity index (χ1) is 16.0. The Labute approximate surface area is 192 Å².